The average molecular weight is 734 g/mol. The van der Waals surface area contributed by atoms with Crippen LogP contribution in [0.1, 0.15) is 39.7 Å². The van der Waals surface area contributed by atoms with Crippen LogP contribution in [0.25, 0.3) is 0 Å². The minimum Gasteiger partial charge on any atom is -0.872 e. The molecular formula is C51H43NO4. The topological polar surface area (TPSA) is 83.8 Å². The highest BCUT2D eigenvalue weighted by atomic mass is 16.3. The number of hydrogen-bond acceptors (Lipinski definition) is 4. The summed E-state index contributed by atoms with van der Waals surface area (Å²) in [5, 5.41) is 41.1. The molecule has 0 amide bonds. The van der Waals surface area contributed by atoms with Crippen LogP contribution in [0.5, 0.6) is 23.0 Å². The van der Waals surface area contributed by atoms with Crippen molar-refractivity contribution in [2.45, 2.75) is 18.4 Å². The highest BCUT2D eigenvalue weighted by Gasteiger charge is 2.36. The smallest absolute Gasteiger partial charge is 0.143 e. The van der Waals surface area contributed by atoms with Gasteiger partial charge in [0.15, 0.2) is 0 Å². The Hall–Kier alpha value is -7.08. The van der Waals surface area contributed by atoms with E-state index in [1.54, 1.807) is 48.5 Å². The Labute approximate surface area is 328 Å². The summed E-state index contributed by atoms with van der Waals surface area (Å²) in [6.07, 6.45) is 0. The fourth-order valence-electron chi connectivity index (χ4n) is 7.50. The zero-order valence-electron chi connectivity index (χ0n) is 30.8. The van der Waals surface area contributed by atoms with E-state index in [1.165, 1.54) is 22.6 Å². The lowest BCUT2D eigenvalue weighted by Crippen LogP contribution is -2.38. The summed E-state index contributed by atoms with van der Waals surface area (Å²) in [4.78, 5) is 0. The van der Waals surface area contributed by atoms with Gasteiger partial charge in [-0.05, 0) is 95.1 Å². The van der Waals surface area contributed by atoms with E-state index in [4.69, 9.17) is 0 Å². The molecule has 3 N–H and O–H groups in total. The molecule has 56 heavy (non-hydrogen) atoms. The zero-order valence-corrected chi connectivity index (χ0v) is 30.8. The summed E-state index contributed by atoms with van der Waals surface area (Å²) >= 11 is 0. The third-order valence-electron chi connectivity index (χ3n) is 10.2. The molecule has 0 aliphatic carbocycles. The number of para-hydroxylation sites is 3. The molecule has 0 bridgehead atoms. The molecule has 0 aliphatic heterocycles. The summed E-state index contributed by atoms with van der Waals surface area (Å²) in [6.45, 7) is 0.860. The van der Waals surface area contributed by atoms with Crippen LogP contribution in [-0.4, -0.2) is 15.3 Å². The van der Waals surface area contributed by atoms with Crippen molar-refractivity contribution < 1.29 is 20.4 Å². The van der Waals surface area contributed by atoms with Gasteiger partial charge in [-0.1, -0.05) is 146 Å². The first-order valence-corrected chi connectivity index (χ1v) is 18.6. The number of hydrogen-bond donors (Lipinski definition) is 3. The molecule has 8 aromatic carbocycles. The molecule has 0 fully saturated rings. The molecule has 0 radical (unpaired) electrons. The van der Waals surface area contributed by atoms with E-state index < -0.39 is 0 Å². The predicted molar refractivity (Wildman–Crippen MR) is 224 cm³/mol. The standard InChI is InChI=1S/C26H22O4.C25H22N/c27-21-9-1-17(2-10-21)25(18-3-11-22(28)12-4-18)26(19-5-13-23(29)14-6-19)20-7-15-24(30)16-8-20;1-5-13-22(14-6-1)21-26(23-15-7-2-8-16-23,24-17-9-3-10-18-24)25-19-11-4-12-20-25/h1-16,25-30H;1-20H,21H2/q;+1/p-1. The Morgan fingerprint density at radius 3 is 0.911 bits per heavy atom. The van der Waals surface area contributed by atoms with Gasteiger partial charge in [0.1, 0.15) is 40.9 Å². The molecule has 1 atom stereocenters. The fourth-order valence-corrected chi connectivity index (χ4v) is 7.50. The molecule has 0 saturated heterocycles. The number of nitrogens with zero attached hydrogens (tertiary/aromatic N) is 1. The summed E-state index contributed by atoms with van der Waals surface area (Å²) in [7, 11) is 0. The second-order valence-corrected chi connectivity index (χ2v) is 13.8. The third kappa shape index (κ3) is 8.49. The Morgan fingerprint density at radius 1 is 0.339 bits per heavy atom. The second-order valence-electron chi connectivity index (χ2n) is 13.8. The van der Waals surface area contributed by atoms with Gasteiger partial charge in [-0.2, -0.15) is 0 Å². The van der Waals surface area contributed by atoms with Crippen molar-refractivity contribution in [3.05, 3.63) is 246 Å². The maximum absolute atomic E-state index is 11.7. The highest BCUT2D eigenvalue weighted by molar-refractivity contribution is 5.71. The van der Waals surface area contributed by atoms with Gasteiger partial charge in [0.2, 0.25) is 0 Å². The van der Waals surface area contributed by atoms with Crippen molar-refractivity contribution in [2.75, 3.05) is 0 Å². The molecule has 276 valence electrons. The third-order valence-corrected chi connectivity index (χ3v) is 10.2. The molecule has 8 rings (SSSR count). The quantitative estimate of drug-likeness (QED) is 0.122. The van der Waals surface area contributed by atoms with Crippen LogP contribution in [0, 0.1) is 0 Å². The summed E-state index contributed by atoms with van der Waals surface area (Å²) in [6, 6.07) is 71.0. The van der Waals surface area contributed by atoms with Gasteiger partial charge in [-0.3, -0.25) is 0 Å². The van der Waals surface area contributed by atoms with Gasteiger partial charge in [-0.15, -0.1) is 5.75 Å². The largest absolute Gasteiger partial charge is 0.872 e. The van der Waals surface area contributed by atoms with Crippen molar-refractivity contribution in [1.29, 1.82) is 0 Å². The molecular weight excluding hydrogens is 691 g/mol. The van der Waals surface area contributed by atoms with Crippen molar-refractivity contribution in [3.63, 3.8) is 0 Å². The van der Waals surface area contributed by atoms with Crippen molar-refractivity contribution in [3.8, 4) is 23.0 Å². The molecule has 1 unspecified atom stereocenters. The zero-order chi connectivity index (χ0) is 38.7. The highest BCUT2D eigenvalue weighted by Crippen LogP contribution is 2.46. The SMILES string of the molecule is [O-]c1ccc(C(c2ccc(O)cc2)C(c2ccc(O)cc2)c2ccc(O)cc2)cc1.c1ccc(C[N+](c2ccccc2)(c2ccccc2)c2ccccc2)cc1. The average Bonchev–Trinajstić information content (AvgIpc) is 3.25. The van der Waals surface area contributed by atoms with Gasteiger partial charge >= 0.3 is 0 Å². The summed E-state index contributed by atoms with van der Waals surface area (Å²) in [5.41, 5.74) is 8.95. The normalized spacial score (nSPS) is 11.7. The number of phenolic OH excluding ortho intramolecular Hbond substituents is 3. The van der Waals surface area contributed by atoms with Crippen LogP contribution in [0.4, 0.5) is 17.1 Å². The fraction of sp³-hybridized carbons (Fsp3) is 0.0588. The lowest BCUT2D eigenvalue weighted by atomic mass is 9.73. The van der Waals surface area contributed by atoms with Gasteiger partial charge in [0.25, 0.3) is 0 Å². The van der Waals surface area contributed by atoms with Gasteiger partial charge in [0, 0.05) is 17.4 Å². The van der Waals surface area contributed by atoms with E-state index in [0.717, 1.165) is 28.8 Å². The minimum absolute atomic E-state index is 0.0611. The first kappa shape index (κ1) is 37.2. The molecule has 0 saturated carbocycles. The van der Waals surface area contributed by atoms with Crippen LogP contribution in [0.3, 0.4) is 0 Å². The van der Waals surface area contributed by atoms with E-state index in [0.29, 0.717) is 4.48 Å². The van der Waals surface area contributed by atoms with Crippen LogP contribution < -0.4 is 9.59 Å². The van der Waals surface area contributed by atoms with Crippen molar-refractivity contribution >= 4 is 17.1 Å². The van der Waals surface area contributed by atoms with Crippen LogP contribution in [0.15, 0.2) is 218 Å². The van der Waals surface area contributed by atoms with Crippen LogP contribution in [0.2, 0.25) is 0 Å². The number of rotatable bonds is 10. The Morgan fingerprint density at radius 2 is 0.607 bits per heavy atom. The lowest BCUT2D eigenvalue weighted by molar-refractivity contribution is -0.268. The Bertz CT molecular complexity index is 2110. The first-order valence-electron chi connectivity index (χ1n) is 18.6. The molecule has 0 aromatic heterocycles. The van der Waals surface area contributed by atoms with Gasteiger partial charge in [0.05, 0.1) is 0 Å². The number of aromatic hydroxyl groups is 3. The summed E-state index contributed by atoms with van der Waals surface area (Å²) in [5.74, 6) is 0.154. The van der Waals surface area contributed by atoms with E-state index in [1.807, 2.05) is 48.5 Å². The molecule has 8 aromatic rings. The van der Waals surface area contributed by atoms with Crippen molar-refractivity contribution in [1.82, 2.24) is 4.48 Å². The number of phenols is 3. The number of benzene rings is 8. The molecule has 5 heteroatoms. The maximum Gasteiger partial charge on any atom is 0.143 e. The Balaban J connectivity index is 0.000000173. The monoisotopic (exact) mass is 733 g/mol. The van der Waals surface area contributed by atoms with Crippen molar-refractivity contribution in [2.24, 2.45) is 0 Å². The predicted octanol–water partition coefficient (Wildman–Crippen LogP) is 11.7. The second kappa shape index (κ2) is 17.4. The first-order chi connectivity index (χ1) is 27.4. The summed E-state index contributed by atoms with van der Waals surface area (Å²) < 4.78 is 0.659. The molecule has 0 spiro atoms. The molecule has 0 heterocycles. The van der Waals surface area contributed by atoms with E-state index in [2.05, 4.69) is 121 Å². The van der Waals surface area contributed by atoms with E-state index in [9.17, 15) is 20.4 Å². The lowest BCUT2D eigenvalue weighted by Gasteiger charge is -2.37. The van der Waals surface area contributed by atoms with E-state index in [-0.39, 0.29) is 34.8 Å². The van der Waals surface area contributed by atoms with Crippen LogP contribution >= 0.6 is 0 Å². The molecule has 5 nitrogen and oxygen atoms in total. The molecule has 0 aliphatic rings. The Kier molecular flexibility index (Phi) is 11.6. The van der Waals surface area contributed by atoms with Gasteiger partial charge in [-0.25, -0.2) is 4.48 Å². The van der Waals surface area contributed by atoms with Gasteiger partial charge < -0.3 is 20.4 Å². The maximum atomic E-state index is 11.7. The van der Waals surface area contributed by atoms with E-state index >= 15 is 0 Å². The number of quaternary nitrogens is 1. The van der Waals surface area contributed by atoms with Crippen LogP contribution in [-0.2, 0) is 6.54 Å². The minimum atomic E-state index is -0.166.